The molecule has 2 aromatic rings. The quantitative estimate of drug-likeness (QED) is 0.450. The van der Waals surface area contributed by atoms with Crippen LogP contribution in [-0.2, 0) is 9.63 Å². The predicted octanol–water partition coefficient (Wildman–Crippen LogP) is 3.87. The second-order valence-corrected chi connectivity index (χ2v) is 7.44. The Hall–Kier alpha value is -2.66. The van der Waals surface area contributed by atoms with E-state index in [1.807, 2.05) is 24.3 Å². The molecule has 28 heavy (non-hydrogen) atoms. The van der Waals surface area contributed by atoms with Crippen LogP contribution in [0.4, 0.5) is 0 Å². The van der Waals surface area contributed by atoms with Crippen molar-refractivity contribution in [3.63, 3.8) is 0 Å². The fourth-order valence-electron chi connectivity index (χ4n) is 3.63. The van der Waals surface area contributed by atoms with E-state index in [4.69, 9.17) is 4.84 Å². The number of carboxylic acids is 1. The van der Waals surface area contributed by atoms with Crippen molar-refractivity contribution < 1.29 is 14.7 Å². The molecule has 1 N–H and O–H groups in total. The highest BCUT2D eigenvalue weighted by atomic mass is 16.6. The molecule has 1 aliphatic rings. The van der Waals surface area contributed by atoms with E-state index in [-0.39, 0.29) is 5.92 Å². The lowest BCUT2D eigenvalue weighted by Crippen LogP contribution is -2.40. The van der Waals surface area contributed by atoms with Crippen LogP contribution in [0.3, 0.4) is 0 Å². The van der Waals surface area contributed by atoms with Gasteiger partial charge in [0.05, 0.1) is 5.92 Å². The van der Waals surface area contributed by atoms with E-state index in [1.165, 1.54) is 5.56 Å². The van der Waals surface area contributed by atoms with Crippen molar-refractivity contribution in [3.05, 3.63) is 70.8 Å². The summed E-state index contributed by atoms with van der Waals surface area (Å²) in [6.07, 6.45) is 1.67. The molecular weight excluding hydrogens is 352 g/mol. The molecule has 0 amide bonds. The average Bonchev–Trinajstić information content (AvgIpc) is 2.69. The zero-order chi connectivity index (χ0) is 19.9. The molecule has 1 fully saturated rings. The Morgan fingerprint density at radius 3 is 2.79 bits per heavy atom. The molecule has 0 radical (unpaired) electrons. The fourth-order valence-corrected chi connectivity index (χ4v) is 3.63. The van der Waals surface area contributed by atoms with Crippen LogP contribution in [0.15, 0.2) is 53.7 Å². The number of carboxylic acid groups (broad SMARTS) is 1. The first-order chi connectivity index (χ1) is 13.5. The van der Waals surface area contributed by atoms with Crippen LogP contribution in [0.25, 0.3) is 0 Å². The van der Waals surface area contributed by atoms with Crippen molar-refractivity contribution in [1.82, 2.24) is 4.90 Å². The van der Waals surface area contributed by atoms with Crippen molar-refractivity contribution in [2.45, 2.75) is 26.7 Å². The SMILES string of the molecule is Cc1cccc(/C(=N/OCCN2CCCC(C(=O)O)C2)c2ccccc2C)c1. The van der Waals surface area contributed by atoms with Crippen molar-refractivity contribution in [1.29, 1.82) is 0 Å². The average molecular weight is 380 g/mol. The van der Waals surface area contributed by atoms with Crippen LogP contribution in [0.1, 0.15) is 35.1 Å². The summed E-state index contributed by atoms with van der Waals surface area (Å²) in [5.41, 5.74) is 5.22. The van der Waals surface area contributed by atoms with Gasteiger partial charge < -0.3 is 9.94 Å². The third-order valence-corrected chi connectivity index (χ3v) is 5.20. The summed E-state index contributed by atoms with van der Waals surface area (Å²) < 4.78 is 0. The van der Waals surface area contributed by atoms with Gasteiger partial charge in [-0.25, -0.2) is 0 Å². The number of hydrogen-bond donors (Lipinski definition) is 1. The molecule has 3 rings (SSSR count). The number of hydrogen-bond acceptors (Lipinski definition) is 4. The topological polar surface area (TPSA) is 62.1 Å². The number of oxime groups is 1. The maximum Gasteiger partial charge on any atom is 0.307 e. The number of aryl methyl sites for hydroxylation is 2. The number of rotatable bonds is 7. The highest BCUT2D eigenvalue weighted by molar-refractivity contribution is 6.13. The summed E-state index contributed by atoms with van der Waals surface area (Å²) in [6.45, 7) is 6.76. The van der Waals surface area contributed by atoms with Crippen molar-refractivity contribution in [2.75, 3.05) is 26.2 Å². The molecule has 5 nitrogen and oxygen atoms in total. The van der Waals surface area contributed by atoms with Crippen LogP contribution < -0.4 is 0 Å². The minimum atomic E-state index is -0.704. The number of benzene rings is 2. The molecule has 1 atom stereocenters. The van der Waals surface area contributed by atoms with Crippen molar-refractivity contribution in [2.24, 2.45) is 11.1 Å². The van der Waals surface area contributed by atoms with E-state index in [1.54, 1.807) is 0 Å². The molecule has 2 aromatic carbocycles. The minimum Gasteiger partial charge on any atom is -0.481 e. The van der Waals surface area contributed by atoms with E-state index in [9.17, 15) is 9.90 Å². The third-order valence-electron chi connectivity index (χ3n) is 5.20. The second kappa shape index (κ2) is 9.51. The summed E-state index contributed by atoms with van der Waals surface area (Å²) in [7, 11) is 0. The van der Waals surface area contributed by atoms with E-state index >= 15 is 0 Å². The lowest BCUT2D eigenvalue weighted by Gasteiger charge is -2.30. The molecule has 1 unspecified atom stereocenters. The maximum absolute atomic E-state index is 11.2. The van der Waals surface area contributed by atoms with Gasteiger partial charge in [-0.15, -0.1) is 0 Å². The van der Waals surface area contributed by atoms with Gasteiger partial charge in [0, 0.05) is 24.2 Å². The first-order valence-corrected chi connectivity index (χ1v) is 9.83. The zero-order valence-corrected chi connectivity index (χ0v) is 16.6. The molecule has 0 saturated carbocycles. The molecule has 1 aliphatic heterocycles. The molecule has 0 bridgehead atoms. The number of likely N-dealkylation sites (tertiary alicyclic amines) is 1. The van der Waals surface area contributed by atoms with Crippen LogP contribution >= 0.6 is 0 Å². The largest absolute Gasteiger partial charge is 0.481 e. The Morgan fingerprint density at radius 2 is 2.04 bits per heavy atom. The van der Waals surface area contributed by atoms with E-state index < -0.39 is 5.97 Å². The number of nitrogens with zero attached hydrogens (tertiary/aromatic N) is 2. The summed E-state index contributed by atoms with van der Waals surface area (Å²) >= 11 is 0. The smallest absolute Gasteiger partial charge is 0.307 e. The Kier molecular flexibility index (Phi) is 6.82. The molecule has 1 heterocycles. The summed E-state index contributed by atoms with van der Waals surface area (Å²) in [6, 6.07) is 16.4. The van der Waals surface area contributed by atoms with Gasteiger partial charge in [-0.2, -0.15) is 0 Å². The minimum absolute atomic E-state index is 0.271. The Bertz CT molecular complexity index is 847. The first-order valence-electron chi connectivity index (χ1n) is 9.83. The van der Waals surface area contributed by atoms with Gasteiger partial charge in [0.25, 0.3) is 0 Å². The Labute approximate surface area is 166 Å². The van der Waals surface area contributed by atoms with Gasteiger partial charge in [-0.05, 0) is 44.9 Å². The summed E-state index contributed by atoms with van der Waals surface area (Å²) in [5, 5.41) is 13.7. The van der Waals surface area contributed by atoms with Gasteiger partial charge in [0.1, 0.15) is 12.3 Å². The van der Waals surface area contributed by atoms with Gasteiger partial charge >= 0.3 is 5.97 Å². The van der Waals surface area contributed by atoms with Crippen LogP contribution in [0, 0.1) is 19.8 Å². The molecule has 148 valence electrons. The summed E-state index contributed by atoms with van der Waals surface area (Å²) in [4.78, 5) is 19.1. The zero-order valence-electron chi connectivity index (χ0n) is 16.6. The number of piperidine rings is 1. The predicted molar refractivity (Wildman–Crippen MR) is 111 cm³/mol. The highest BCUT2D eigenvalue weighted by Crippen LogP contribution is 2.18. The highest BCUT2D eigenvalue weighted by Gasteiger charge is 2.25. The monoisotopic (exact) mass is 380 g/mol. The van der Waals surface area contributed by atoms with E-state index in [0.717, 1.165) is 41.8 Å². The van der Waals surface area contributed by atoms with Gasteiger partial charge in [-0.3, -0.25) is 9.69 Å². The van der Waals surface area contributed by atoms with Gasteiger partial charge in [0.15, 0.2) is 0 Å². The lowest BCUT2D eigenvalue weighted by molar-refractivity contribution is -0.143. The standard InChI is InChI=1S/C23H28N2O3/c1-17-7-5-9-19(15-17)22(21-11-4-3-8-18(21)2)24-28-14-13-25-12-6-10-20(16-25)23(26)27/h3-5,7-9,11,15,20H,6,10,12-14,16H2,1-2H3,(H,26,27)/b24-22-. The number of aliphatic carboxylic acids is 1. The number of carbonyl (C=O) groups is 1. The second-order valence-electron chi connectivity index (χ2n) is 7.44. The molecule has 0 aromatic heterocycles. The Balaban J connectivity index is 1.70. The molecule has 0 aliphatic carbocycles. The van der Waals surface area contributed by atoms with Crippen LogP contribution in [0.5, 0.6) is 0 Å². The molecule has 0 spiro atoms. The summed E-state index contributed by atoms with van der Waals surface area (Å²) in [5.74, 6) is -0.975. The van der Waals surface area contributed by atoms with Crippen molar-refractivity contribution in [3.8, 4) is 0 Å². The molecule has 1 saturated heterocycles. The van der Waals surface area contributed by atoms with Crippen LogP contribution in [0.2, 0.25) is 0 Å². The van der Waals surface area contributed by atoms with E-state index in [0.29, 0.717) is 19.7 Å². The molecular formula is C23H28N2O3. The van der Waals surface area contributed by atoms with Gasteiger partial charge in [-0.1, -0.05) is 53.2 Å². The van der Waals surface area contributed by atoms with E-state index in [2.05, 4.69) is 48.2 Å². The van der Waals surface area contributed by atoms with Crippen molar-refractivity contribution >= 4 is 11.7 Å². The van der Waals surface area contributed by atoms with Gasteiger partial charge in [0.2, 0.25) is 0 Å². The maximum atomic E-state index is 11.2. The Morgan fingerprint density at radius 1 is 1.21 bits per heavy atom. The van der Waals surface area contributed by atoms with Crippen LogP contribution in [-0.4, -0.2) is 47.9 Å². The molecule has 5 heteroatoms. The lowest BCUT2D eigenvalue weighted by atomic mass is 9.97. The normalized spacial score (nSPS) is 18.1. The fraction of sp³-hybridized carbons (Fsp3) is 0.391. The first kappa shape index (κ1) is 20.1. The third kappa shape index (κ3) is 5.20.